The van der Waals surface area contributed by atoms with E-state index in [0.29, 0.717) is 20.5 Å². The first-order valence-electron chi connectivity index (χ1n) is 21.7. The topological polar surface area (TPSA) is 25.8 Å². The van der Waals surface area contributed by atoms with Gasteiger partial charge in [0.1, 0.15) is 6.33 Å². The first kappa shape index (κ1) is 26.1. The van der Waals surface area contributed by atoms with E-state index in [-0.39, 0.29) is 53.1 Å². The molecule has 0 aliphatic rings. The number of rotatable bonds is 6. The van der Waals surface area contributed by atoms with E-state index in [4.69, 9.17) is 19.6 Å². The normalized spacial score (nSPS) is 13.3. The van der Waals surface area contributed by atoms with Crippen molar-refractivity contribution in [3.8, 4) is 66.9 Å². The van der Waals surface area contributed by atoms with E-state index in [2.05, 4.69) is 103 Å². The molecule has 0 saturated heterocycles. The summed E-state index contributed by atoms with van der Waals surface area (Å²) < 4.78 is 62.9. The molecular weight excluding hydrogens is 717 g/mol. The highest BCUT2D eigenvalue weighted by Gasteiger charge is 2.16. The van der Waals surface area contributed by atoms with Gasteiger partial charge in [-0.3, -0.25) is 0 Å². The molecule has 11 aromatic rings. The van der Waals surface area contributed by atoms with E-state index >= 15 is 0 Å². The van der Waals surface area contributed by atoms with Gasteiger partial charge in [0.15, 0.2) is 0 Å². The zero-order valence-electron chi connectivity index (χ0n) is 36.6. The SMILES string of the molecule is [2H]c1c([2H])c([2H])c2c(sc3c(-c4ccc(-c5cccc(-c6ncnc7c6sc6ccc(-c8cccc(-c9ccc(-c%10ccccc%10)cc9)c8)cc67)c5)cc4)c([2H])c([2H])c([2H])c32)c1[2H]. The fraction of sp³-hybridized carbons (Fsp3) is 0. The van der Waals surface area contributed by atoms with Crippen LogP contribution >= 0.6 is 22.7 Å². The highest BCUT2D eigenvalue weighted by Crippen LogP contribution is 2.42. The Balaban J connectivity index is 0.923. The number of fused-ring (bicyclic) bond motifs is 6. The summed E-state index contributed by atoms with van der Waals surface area (Å²) in [5, 5.41) is 1.58. The minimum Gasteiger partial charge on any atom is -0.235 e. The van der Waals surface area contributed by atoms with Crippen LogP contribution in [0.5, 0.6) is 0 Å². The molecule has 56 heavy (non-hydrogen) atoms. The van der Waals surface area contributed by atoms with Gasteiger partial charge in [0.05, 0.1) is 25.5 Å². The summed E-state index contributed by atoms with van der Waals surface area (Å²) in [5.41, 5.74) is 12.6. The van der Waals surface area contributed by atoms with E-state index < -0.39 is 0 Å². The van der Waals surface area contributed by atoms with Crippen molar-refractivity contribution in [1.29, 1.82) is 0 Å². The molecule has 0 amide bonds. The molecule has 4 heteroatoms. The molecule has 0 atom stereocenters. The quantitative estimate of drug-likeness (QED) is 0.169. The van der Waals surface area contributed by atoms with Crippen LogP contribution in [0.3, 0.4) is 0 Å². The van der Waals surface area contributed by atoms with Gasteiger partial charge < -0.3 is 0 Å². The van der Waals surface area contributed by atoms with E-state index in [0.717, 1.165) is 76.3 Å². The third-order valence-electron chi connectivity index (χ3n) is 10.4. The molecule has 0 fully saturated rings. The molecule has 2 nitrogen and oxygen atoms in total. The molecule has 0 N–H and O–H groups in total. The second kappa shape index (κ2) is 13.5. The highest BCUT2D eigenvalue weighted by molar-refractivity contribution is 7.26. The van der Waals surface area contributed by atoms with Crippen LogP contribution in [0.25, 0.3) is 107 Å². The van der Waals surface area contributed by atoms with Crippen molar-refractivity contribution in [3.05, 3.63) is 194 Å². The Morgan fingerprint density at radius 3 is 1.70 bits per heavy atom. The van der Waals surface area contributed by atoms with Gasteiger partial charge in [-0.15, -0.1) is 22.7 Å². The van der Waals surface area contributed by atoms with Crippen LogP contribution in [0, 0.1) is 0 Å². The average Bonchev–Trinajstić information content (AvgIpc) is 3.92. The summed E-state index contributed by atoms with van der Waals surface area (Å²) >= 11 is 2.82. The van der Waals surface area contributed by atoms with Gasteiger partial charge in [-0.25, -0.2) is 9.97 Å². The van der Waals surface area contributed by atoms with Crippen molar-refractivity contribution in [2.45, 2.75) is 0 Å². The summed E-state index contributed by atoms with van der Waals surface area (Å²) in [4.78, 5) is 9.60. The first-order chi connectivity index (χ1) is 30.6. The van der Waals surface area contributed by atoms with Crippen LogP contribution in [0.4, 0.5) is 0 Å². The van der Waals surface area contributed by atoms with Crippen LogP contribution < -0.4 is 0 Å². The average molecular weight is 756 g/mol. The van der Waals surface area contributed by atoms with Crippen molar-refractivity contribution >= 4 is 63.1 Å². The maximum atomic E-state index is 8.91. The minimum atomic E-state index is -0.385. The first-order valence-corrected chi connectivity index (χ1v) is 19.8. The molecule has 262 valence electrons. The van der Waals surface area contributed by atoms with E-state index in [1.807, 2.05) is 42.5 Å². The number of benzene rings is 8. The summed E-state index contributed by atoms with van der Waals surface area (Å²) in [6, 6.07) is 48.5. The van der Waals surface area contributed by atoms with Crippen molar-refractivity contribution in [2.75, 3.05) is 0 Å². The Hall–Kier alpha value is -6.72. The number of hydrogen-bond acceptors (Lipinski definition) is 4. The van der Waals surface area contributed by atoms with Crippen LogP contribution in [0.2, 0.25) is 0 Å². The zero-order chi connectivity index (χ0) is 43.1. The lowest BCUT2D eigenvalue weighted by atomic mass is 9.96. The van der Waals surface area contributed by atoms with Crippen LogP contribution in [0.15, 0.2) is 194 Å². The molecule has 0 saturated carbocycles. The minimum absolute atomic E-state index is 0.120. The molecule has 8 aromatic carbocycles. The summed E-state index contributed by atoms with van der Waals surface area (Å²) in [5.74, 6) is 0. The molecule has 3 heterocycles. The molecule has 0 bridgehead atoms. The molecular formula is C52H32N2S2. The Morgan fingerprint density at radius 2 is 0.929 bits per heavy atom. The molecule has 0 radical (unpaired) electrons. The van der Waals surface area contributed by atoms with Gasteiger partial charge in [-0.2, -0.15) is 0 Å². The van der Waals surface area contributed by atoms with Gasteiger partial charge in [0.2, 0.25) is 0 Å². The van der Waals surface area contributed by atoms with E-state index in [1.54, 1.807) is 17.7 Å². The number of hydrogen-bond donors (Lipinski definition) is 0. The smallest absolute Gasteiger partial charge is 0.116 e. The molecule has 11 rings (SSSR count). The Kier molecular flexibility index (Phi) is 6.32. The molecule has 0 spiro atoms. The van der Waals surface area contributed by atoms with Crippen LogP contribution in [-0.4, -0.2) is 9.97 Å². The predicted octanol–water partition coefficient (Wildman–Crippen LogP) is 15.2. The molecule has 0 aliphatic heterocycles. The van der Waals surface area contributed by atoms with Gasteiger partial charge in [0, 0.05) is 35.8 Å². The fourth-order valence-electron chi connectivity index (χ4n) is 7.53. The van der Waals surface area contributed by atoms with Crippen molar-refractivity contribution in [2.24, 2.45) is 0 Å². The van der Waals surface area contributed by atoms with Gasteiger partial charge in [-0.1, -0.05) is 158 Å². The molecule has 0 aliphatic carbocycles. The lowest BCUT2D eigenvalue weighted by molar-refractivity contribution is 1.24. The maximum absolute atomic E-state index is 8.91. The van der Waals surface area contributed by atoms with E-state index in [9.17, 15) is 0 Å². The standard InChI is InChI=1S/C52H32N2S2/c1-2-9-33(10-3-1)34-19-21-35(22-20-34)38-11-6-13-40(29-38)41-27-28-48-46(31-41)50-52(56-48)49(53-32-54-50)42-14-7-12-39(30-42)36-23-25-37(26-24-36)43-16-8-17-45-44-15-4-5-18-47(44)55-51(43)45/h1-32H/i4D,5D,8D,15D,16D,17D,18D. The molecule has 0 unspecified atom stereocenters. The fourth-order valence-corrected chi connectivity index (χ4v) is 9.77. The number of aromatic nitrogens is 2. The van der Waals surface area contributed by atoms with Crippen molar-refractivity contribution in [3.63, 3.8) is 0 Å². The molecule has 3 aromatic heterocycles. The van der Waals surface area contributed by atoms with Gasteiger partial charge >= 0.3 is 0 Å². The number of nitrogens with zero attached hydrogens (tertiary/aromatic N) is 2. The van der Waals surface area contributed by atoms with Crippen LogP contribution in [-0.2, 0) is 0 Å². The second-order valence-corrected chi connectivity index (χ2v) is 15.7. The Morgan fingerprint density at radius 1 is 0.375 bits per heavy atom. The lowest BCUT2D eigenvalue weighted by Gasteiger charge is -2.09. The monoisotopic (exact) mass is 755 g/mol. The predicted molar refractivity (Wildman–Crippen MR) is 240 cm³/mol. The lowest BCUT2D eigenvalue weighted by Crippen LogP contribution is -1.87. The maximum Gasteiger partial charge on any atom is 0.116 e. The Bertz CT molecular complexity index is 3640. The summed E-state index contributed by atoms with van der Waals surface area (Å²) in [7, 11) is 0. The highest BCUT2D eigenvalue weighted by atomic mass is 32.1. The third kappa shape index (κ3) is 5.70. The Labute approximate surface area is 342 Å². The van der Waals surface area contributed by atoms with Crippen LogP contribution in [0.1, 0.15) is 9.60 Å². The third-order valence-corrected chi connectivity index (χ3v) is 12.6. The summed E-state index contributed by atoms with van der Waals surface area (Å²) in [6.07, 6.45) is 1.64. The largest absolute Gasteiger partial charge is 0.235 e. The van der Waals surface area contributed by atoms with Crippen molar-refractivity contribution in [1.82, 2.24) is 9.97 Å². The summed E-state index contributed by atoms with van der Waals surface area (Å²) in [6.45, 7) is 0. The van der Waals surface area contributed by atoms with Gasteiger partial charge in [0.25, 0.3) is 0 Å². The number of thiophene rings is 2. The van der Waals surface area contributed by atoms with E-state index in [1.165, 1.54) is 11.1 Å². The van der Waals surface area contributed by atoms with Gasteiger partial charge in [-0.05, 0) is 85.9 Å². The van der Waals surface area contributed by atoms with Crippen molar-refractivity contribution < 1.29 is 9.60 Å². The second-order valence-electron chi connectivity index (χ2n) is 13.7. The zero-order valence-corrected chi connectivity index (χ0v) is 31.3.